The molecule has 10 heteroatoms. The first-order valence-corrected chi connectivity index (χ1v) is 10.8. The number of benzene rings is 2. The number of fused-ring (bicyclic) bond motifs is 1. The zero-order chi connectivity index (χ0) is 21.3. The molecule has 1 amide bonds. The van der Waals surface area contributed by atoms with E-state index in [9.17, 15) is 13.2 Å². The van der Waals surface area contributed by atoms with Crippen molar-refractivity contribution in [3.63, 3.8) is 0 Å². The van der Waals surface area contributed by atoms with Gasteiger partial charge in [-0.3, -0.25) is 9.52 Å². The van der Waals surface area contributed by atoms with Gasteiger partial charge in [-0.15, -0.1) is 0 Å². The molecule has 156 valence electrons. The molecule has 0 saturated carbocycles. The van der Waals surface area contributed by atoms with E-state index in [0.717, 1.165) is 17.4 Å². The largest absolute Gasteiger partial charge is 0.495 e. The zero-order valence-corrected chi connectivity index (χ0v) is 17.9. The summed E-state index contributed by atoms with van der Waals surface area (Å²) >= 11 is 6.35. The molecule has 1 aliphatic rings. The van der Waals surface area contributed by atoms with Crippen molar-refractivity contribution in [1.29, 1.82) is 0 Å². The summed E-state index contributed by atoms with van der Waals surface area (Å²) in [6.45, 7) is 0. The van der Waals surface area contributed by atoms with Gasteiger partial charge in [-0.1, -0.05) is 11.6 Å². The molecule has 3 rings (SSSR count). The van der Waals surface area contributed by atoms with Gasteiger partial charge in [-0.2, -0.15) is 0 Å². The minimum Gasteiger partial charge on any atom is -0.495 e. The molecule has 8 nitrogen and oxygen atoms in total. The molecule has 0 aliphatic carbocycles. The van der Waals surface area contributed by atoms with Crippen LogP contribution >= 0.6 is 11.6 Å². The molecule has 0 aromatic heterocycles. The van der Waals surface area contributed by atoms with Crippen molar-refractivity contribution in [1.82, 2.24) is 0 Å². The number of hydrogen-bond donors (Lipinski definition) is 2. The van der Waals surface area contributed by atoms with E-state index in [1.807, 2.05) is 0 Å². The normalized spacial score (nSPS) is 15.9. The quantitative estimate of drug-likeness (QED) is 0.715. The fourth-order valence-corrected chi connectivity index (χ4v) is 4.23. The minimum absolute atomic E-state index is 0.181. The lowest BCUT2D eigenvalue weighted by Gasteiger charge is -2.28. The van der Waals surface area contributed by atoms with Gasteiger partial charge in [0.25, 0.3) is 0 Å². The Morgan fingerprint density at radius 3 is 2.34 bits per heavy atom. The topological polar surface area (TPSA) is 103 Å². The molecule has 0 saturated heterocycles. The monoisotopic (exact) mass is 440 g/mol. The number of hydrogen-bond acceptors (Lipinski definition) is 6. The third-order valence-electron chi connectivity index (χ3n) is 4.56. The number of carbonyl (C=O) groups is 1. The summed E-state index contributed by atoms with van der Waals surface area (Å²) in [4.78, 5) is 12.4. The van der Waals surface area contributed by atoms with Gasteiger partial charge in [0.1, 0.15) is 5.75 Å². The molecule has 1 aliphatic heterocycles. The van der Waals surface area contributed by atoms with Crippen LogP contribution in [0.3, 0.4) is 0 Å². The molecule has 0 bridgehead atoms. The van der Waals surface area contributed by atoms with Crippen molar-refractivity contribution in [2.24, 2.45) is 0 Å². The van der Waals surface area contributed by atoms with Gasteiger partial charge in [0.05, 0.1) is 38.3 Å². The lowest BCUT2D eigenvalue weighted by atomic mass is 9.84. The summed E-state index contributed by atoms with van der Waals surface area (Å²) < 4.78 is 41.7. The van der Waals surface area contributed by atoms with Crippen LogP contribution in [0.4, 0.5) is 11.4 Å². The number of rotatable bonds is 6. The van der Waals surface area contributed by atoms with Crippen LogP contribution in [-0.2, 0) is 14.8 Å². The molecule has 2 N–H and O–H groups in total. The number of anilines is 2. The van der Waals surface area contributed by atoms with Crippen LogP contribution in [0.15, 0.2) is 24.3 Å². The van der Waals surface area contributed by atoms with E-state index in [2.05, 4.69) is 10.0 Å². The van der Waals surface area contributed by atoms with Gasteiger partial charge < -0.3 is 19.5 Å². The van der Waals surface area contributed by atoms with Crippen LogP contribution in [0.2, 0.25) is 5.02 Å². The Morgan fingerprint density at radius 2 is 1.76 bits per heavy atom. The molecular weight excluding hydrogens is 420 g/mol. The molecule has 0 fully saturated rings. The van der Waals surface area contributed by atoms with E-state index >= 15 is 0 Å². The van der Waals surface area contributed by atoms with Crippen LogP contribution in [-0.4, -0.2) is 41.9 Å². The molecule has 29 heavy (non-hydrogen) atoms. The van der Waals surface area contributed by atoms with E-state index in [1.54, 1.807) is 24.3 Å². The van der Waals surface area contributed by atoms with Crippen LogP contribution in [0.1, 0.15) is 23.5 Å². The molecular formula is C19H21ClN2O6S. The lowest BCUT2D eigenvalue weighted by Crippen LogP contribution is -2.24. The Balaban J connectivity index is 2.15. The van der Waals surface area contributed by atoms with E-state index in [4.69, 9.17) is 25.8 Å². The van der Waals surface area contributed by atoms with Crippen LogP contribution in [0.5, 0.6) is 17.2 Å². The molecule has 1 heterocycles. The predicted molar refractivity (Wildman–Crippen MR) is 111 cm³/mol. The van der Waals surface area contributed by atoms with Crippen LogP contribution in [0.25, 0.3) is 0 Å². The highest BCUT2D eigenvalue weighted by Gasteiger charge is 2.30. The first-order valence-electron chi connectivity index (χ1n) is 8.57. The average molecular weight is 441 g/mol. The maximum Gasteiger partial charge on any atom is 0.229 e. The zero-order valence-electron chi connectivity index (χ0n) is 16.3. The van der Waals surface area contributed by atoms with Crippen molar-refractivity contribution >= 4 is 38.9 Å². The van der Waals surface area contributed by atoms with E-state index < -0.39 is 10.0 Å². The maximum atomic E-state index is 12.4. The van der Waals surface area contributed by atoms with Crippen molar-refractivity contribution < 1.29 is 27.4 Å². The Hall–Kier alpha value is -2.65. The van der Waals surface area contributed by atoms with Gasteiger partial charge in [-0.25, -0.2) is 8.42 Å². The summed E-state index contributed by atoms with van der Waals surface area (Å²) in [5.74, 6) is 0.650. The third-order valence-corrected chi connectivity index (χ3v) is 5.44. The highest BCUT2D eigenvalue weighted by atomic mass is 35.5. The number of nitrogens with one attached hydrogen (secondary N) is 2. The number of halogens is 1. The van der Waals surface area contributed by atoms with E-state index in [0.29, 0.717) is 28.0 Å². The van der Waals surface area contributed by atoms with Gasteiger partial charge in [0.15, 0.2) is 11.5 Å². The maximum absolute atomic E-state index is 12.4. The molecule has 1 atom stereocenters. The van der Waals surface area contributed by atoms with Gasteiger partial charge in [0.2, 0.25) is 15.9 Å². The first-order chi connectivity index (χ1) is 13.7. The van der Waals surface area contributed by atoms with Crippen LogP contribution in [0, 0.1) is 0 Å². The Bertz CT molecular complexity index is 1070. The van der Waals surface area contributed by atoms with Crippen molar-refractivity contribution in [3.05, 3.63) is 40.4 Å². The second-order valence-electron chi connectivity index (χ2n) is 6.56. The highest BCUT2D eigenvalue weighted by Crippen LogP contribution is 2.45. The number of ether oxygens (including phenoxy) is 3. The van der Waals surface area contributed by atoms with E-state index in [-0.39, 0.29) is 23.9 Å². The smallest absolute Gasteiger partial charge is 0.229 e. The van der Waals surface area contributed by atoms with Crippen LogP contribution < -0.4 is 24.2 Å². The summed E-state index contributed by atoms with van der Waals surface area (Å²) in [6.07, 6.45) is 1.22. The number of sulfonamides is 1. The summed E-state index contributed by atoms with van der Waals surface area (Å²) in [7, 11) is 0.914. The van der Waals surface area contributed by atoms with Crippen molar-refractivity contribution in [2.45, 2.75) is 12.3 Å². The fourth-order valence-electron chi connectivity index (χ4n) is 3.37. The summed E-state index contributed by atoms with van der Waals surface area (Å²) in [5, 5.41) is 3.14. The van der Waals surface area contributed by atoms with Gasteiger partial charge >= 0.3 is 0 Å². The predicted octanol–water partition coefficient (Wildman–Crippen LogP) is 3.21. The second kappa shape index (κ2) is 8.00. The molecule has 0 radical (unpaired) electrons. The van der Waals surface area contributed by atoms with Crippen molar-refractivity contribution in [2.75, 3.05) is 37.6 Å². The average Bonchev–Trinajstić information content (AvgIpc) is 2.64. The molecule has 2 aromatic rings. The lowest BCUT2D eigenvalue weighted by molar-refractivity contribution is -0.116. The second-order valence-corrected chi connectivity index (χ2v) is 8.71. The Kier molecular flexibility index (Phi) is 5.81. The van der Waals surface area contributed by atoms with E-state index in [1.165, 1.54) is 21.3 Å². The summed E-state index contributed by atoms with van der Waals surface area (Å²) in [5.41, 5.74) is 2.25. The molecule has 1 unspecified atom stereocenters. The van der Waals surface area contributed by atoms with Crippen molar-refractivity contribution in [3.8, 4) is 17.2 Å². The van der Waals surface area contributed by atoms with Gasteiger partial charge in [-0.05, 0) is 35.4 Å². The van der Waals surface area contributed by atoms with Gasteiger partial charge in [0, 0.05) is 18.0 Å². The Morgan fingerprint density at radius 1 is 1.07 bits per heavy atom. The molecule has 2 aromatic carbocycles. The Labute approximate surface area is 174 Å². The third kappa shape index (κ3) is 4.35. The number of methoxy groups -OCH3 is 3. The minimum atomic E-state index is -3.53. The fraction of sp³-hybridized carbons (Fsp3) is 0.316. The summed E-state index contributed by atoms with van der Waals surface area (Å²) in [6, 6.07) is 6.75. The standard InChI is InChI=1S/C19H21ClN2O6S/c1-26-16-7-12-11(10-5-13(20)19(28-3)17(6-10)27-2)8-18(23)21-14(12)9-15(16)22-29(4,24)25/h5-7,9,11,22H,8H2,1-4H3,(H,21,23). The highest BCUT2D eigenvalue weighted by molar-refractivity contribution is 7.92. The SMILES string of the molecule is COc1cc2c(cc1NS(C)(=O)=O)NC(=O)CC2c1cc(Cl)c(OC)c(OC)c1. The number of carbonyl (C=O) groups excluding carboxylic acids is 1. The number of amides is 1. The first kappa shape index (κ1) is 21.1. The molecule has 0 spiro atoms.